The van der Waals surface area contributed by atoms with Gasteiger partial charge in [-0.2, -0.15) is 0 Å². The van der Waals surface area contributed by atoms with Crippen LogP contribution in [0.3, 0.4) is 0 Å². The first-order chi connectivity index (χ1) is 10.3. The van der Waals surface area contributed by atoms with Crippen molar-refractivity contribution < 1.29 is 4.74 Å². The maximum Gasteiger partial charge on any atom is 0.216 e. The van der Waals surface area contributed by atoms with Gasteiger partial charge in [0.2, 0.25) is 5.88 Å². The molecule has 1 aromatic carbocycles. The lowest BCUT2D eigenvalue weighted by Crippen LogP contribution is -2.19. The van der Waals surface area contributed by atoms with Crippen molar-refractivity contribution in [3.63, 3.8) is 0 Å². The Morgan fingerprint density at radius 3 is 2.81 bits per heavy atom. The van der Waals surface area contributed by atoms with Gasteiger partial charge < -0.3 is 10.1 Å². The molecule has 0 saturated carbocycles. The van der Waals surface area contributed by atoms with Gasteiger partial charge in [0.25, 0.3) is 0 Å². The van der Waals surface area contributed by atoms with Crippen LogP contribution in [0.1, 0.15) is 17.3 Å². The number of nitrogens with zero attached hydrogens (tertiary/aromatic N) is 3. The molecule has 0 bridgehead atoms. The Labute approximate surface area is 123 Å². The number of rotatable bonds is 4. The van der Waals surface area contributed by atoms with Crippen LogP contribution in [0, 0.1) is 0 Å². The molecular formula is C16H16N4O. The van der Waals surface area contributed by atoms with Crippen LogP contribution in [0.5, 0.6) is 5.88 Å². The largest absolute Gasteiger partial charge is 0.481 e. The number of aromatic nitrogens is 3. The number of nitrogens with one attached hydrogen (secondary N) is 1. The van der Waals surface area contributed by atoms with E-state index in [1.807, 2.05) is 25.2 Å². The highest BCUT2D eigenvalue weighted by Gasteiger charge is 2.15. The number of hydrogen-bond acceptors (Lipinski definition) is 5. The van der Waals surface area contributed by atoms with Crippen LogP contribution in [-0.2, 0) is 0 Å². The van der Waals surface area contributed by atoms with Crippen LogP contribution in [0.25, 0.3) is 10.9 Å². The summed E-state index contributed by atoms with van der Waals surface area (Å²) >= 11 is 0. The van der Waals surface area contributed by atoms with Crippen molar-refractivity contribution in [2.45, 2.75) is 6.04 Å². The van der Waals surface area contributed by atoms with Crippen LogP contribution in [0.2, 0.25) is 0 Å². The molecule has 0 amide bonds. The summed E-state index contributed by atoms with van der Waals surface area (Å²) < 4.78 is 5.17. The molecule has 5 nitrogen and oxygen atoms in total. The van der Waals surface area contributed by atoms with Gasteiger partial charge in [0, 0.05) is 17.6 Å². The van der Waals surface area contributed by atoms with Crippen LogP contribution < -0.4 is 10.1 Å². The molecule has 2 heterocycles. The molecule has 0 aliphatic carbocycles. The molecule has 21 heavy (non-hydrogen) atoms. The lowest BCUT2D eigenvalue weighted by molar-refractivity contribution is 0.395. The maximum absolute atomic E-state index is 5.17. The third-order valence-corrected chi connectivity index (χ3v) is 3.42. The second-order valence-corrected chi connectivity index (χ2v) is 4.66. The quantitative estimate of drug-likeness (QED) is 0.795. The Morgan fingerprint density at radius 2 is 2.00 bits per heavy atom. The Kier molecular flexibility index (Phi) is 3.75. The van der Waals surface area contributed by atoms with Gasteiger partial charge in [-0.3, -0.25) is 4.98 Å². The van der Waals surface area contributed by atoms with E-state index in [2.05, 4.69) is 38.5 Å². The van der Waals surface area contributed by atoms with Crippen molar-refractivity contribution in [2.75, 3.05) is 14.2 Å². The molecule has 2 aromatic heterocycles. The highest BCUT2D eigenvalue weighted by molar-refractivity contribution is 5.79. The van der Waals surface area contributed by atoms with Gasteiger partial charge in [-0.05, 0) is 30.8 Å². The first-order valence-electron chi connectivity index (χ1n) is 6.69. The van der Waals surface area contributed by atoms with Gasteiger partial charge >= 0.3 is 0 Å². The van der Waals surface area contributed by atoms with Crippen molar-refractivity contribution in [1.29, 1.82) is 0 Å². The molecule has 1 N–H and O–H groups in total. The van der Waals surface area contributed by atoms with Gasteiger partial charge in [0.1, 0.15) is 6.33 Å². The summed E-state index contributed by atoms with van der Waals surface area (Å²) in [5.74, 6) is 0.558. The Balaban J connectivity index is 2.04. The first-order valence-corrected chi connectivity index (χ1v) is 6.69. The second-order valence-electron chi connectivity index (χ2n) is 4.66. The van der Waals surface area contributed by atoms with E-state index in [1.54, 1.807) is 13.3 Å². The molecule has 1 atom stereocenters. The zero-order valence-corrected chi connectivity index (χ0v) is 11.9. The molecule has 106 valence electrons. The topological polar surface area (TPSA) is 59.9 Å². The zero-order chi connectivity index (χ0) is 14.7. The first kappa shape index (κ1) is 13.5. The number of hydrogen-bond donors (Lipinski definition) is 1. The highest BCUT2D eigenvalue weighted by Crippen LogP contribution is 2.24. The molecule has 3 aromatic rings. The summed E-state index contributed by atoms with van der Waals surface area (Å²) in [5.41, 5.74) is 2.97. The molecule has 5 heteroatoms. The van der Waals surface area contributed by atoms with Gasteiger partial charge in [0.05, 0.1) is 24.4 Å². The fraction of sp³-hybridized carbons (Fsp3) is 0.188. The average Bonchev–Trinajstić information content (AvgIpc) is 2.56. The van der Waals surface area contributed by atoms with Gasteiger partial charge in [-0.15, -0.1) is 0 Å². The normalized spacial score (nSPS) is 12.3. The van der Waals surface area contributed by atoms with Crippen LogP contribution in [-0.4, -0.2) is 29.1 Å². The van der Waals surface area contributed by atoms with Crippen molar-refractivity contribution >= 4 is 10.9 Å². The minimum absolute atomic E-state index is 0.0218. The summed E-state index contributed by atoms with van der Waals surface area (Å²) in [6.07, 6.45) is 3.31. The SMILES string of the molecule is CNC(c1ccc2ncccc2c1)c1cc(OC)ncn1. The Bertz CT molecular complexity index is 760. The van der Waals surface area contributed by atoms with E-state index in [0.29, 0.717) is 5.88 Å². The summed E-state index contributed by atoms with van der Waals surface area (Å²) in [5, 5.41) is 4.39. The van der Waals surface area contributed by atoms with E-state index < -0.39 is 0 Å². The van der Waals surface area contributed by atoms with E-state index in [0.717, 1.165) is 22.2 Å². The third-order valence-electron chi connectivity index (χ3n) is 3.42. The number of fused-ring (bicyclic) bond motifs is 1. The summed E-state index contributed by atoms with van der Waals surface area (Å²) in [4.78, 5) is 12.7. The maximum atomic E-state index is 5.17. The highest BCUT2D eigenvalue weighted by atomic mass is 16.5. The van der Waals surface area contributed by atoms with Crippen LogP contribution >= 0.6 is 0 Å². The lowest BCUT2D eigenvalue weighted by atomic mass is 10.0. The molecule has 0 aliphatic heterocycles. The molecule has 1 unspecified atom stereocenters. The van der Waals surface area contributed by atoms with E-state index >= 15 is 0 Å². The van der Waals surface area contributed by atoms with E-state index in [9.17, 15) is 0 Å². The average molecular weight is 280 g/mol. The van der Waals surface area contributed by atoms with Crippen LogP contribution in [0.4, 0.5) is 0 Å². The van der Waals surface area contributed by atoms with Crippen molar-refractivity contribution in [1.82, 2.24) is 20.3 Å². The summed E-state index contributed by atoms with van der Waals surface area (Å²) in [6, 6.07) is 12.0. The van der Waals surface area contributed by atoms with Crippen molar-refractivity contribution in [2.24, 2.45) is 0 Å². The van der Waals surface area contributed by atoms with E-state index in [4.69, 9.17) is 4.74 Å². The monoisotopic (exact) mass is 280 g/mol. The minimum atomic E-state index is -0.0218. The predicted molar refractivity (Wildman–Crippen MR) is 81.2 cm³/mol. The molecule has 3 rings (SSSR count). The van der Waals surface area contributed by atoms with Crippen molar-refractivity contribution in [3.8, 4) is 5.88 Å². The van der Waals surface area contributed by atoms with Crippen molar-refractivity contribution in [3.05, 3.63) is 60.2 Å². The smallest absolute Gasteiger partial charge is 0.216 e. The number of ether oxygens (including phenoxy) is 1. The molecule has 0 spiro atoms. The van der Waals surface area contributed by atoms with E-state index in [1.165, 1.54) is 6.33 Å². The summed E-state index contributed by atoms with van der Waals surface area (Å²) in [7, 11) is 3.51. The van der Waals surface area contributed by atoms with Gasteiger partial charge in [-0.25, -0.2) is 9.97 Å². The second kappa shape index (κ2) is 5.85. The van der Waals surface area contributed by atoms with Gasteiger partial charge in [-0.1, -0.05) is 12.1 Å². The fourth-order valence-corrected chi connectivity index (χ4v) is 2.38. The number of pyridine rings is 1. The Hall–Kier alpha value is -2.53. The fourth-order valence-electron chi connectivity index (χ4n) is 2.38. The van der Waals surface area contributed by atoms with Gasteiger partial charge in [0.15, 0.2) is 0 Å². The zero-order valence-electron chi connectivity index (χ0n) is 11.9. The standard InChI is InChI=1S/C16H16N4O/c1-17-16(14-9-15(21-2)20-10-19-14)12-5-6-13-11(8-12)4-3-7-18-13/h3-10,16-17H,1-2H3. The molecular weight excluding hydrogens is 264 g/mol. The third kappa shape index (κ3) is 2.68. The van der Waals surface area contributed by atoms with E-state index in [-0.39, 0.29) is 6.04 Å². The lowest BCUT2D eigenvalue weighted by Gasteiger charge is -2.17. The van der Waals surface area contributed by atoms with Crippen LogP contribution in [0.15, 0.2) is 48.9 Å². The number of benzene rings is 1. The predicted octanol–water partition coefficient (Wildman–Crippen LogP) is 2.34. The Morgan fingerprint density at radius 1 is 1.10 bits per heavy atom. The summed E-state index contributed by atoms with van der Waals surface area (Å²) in [6.45, 7) is 0. The molecule has 0 fully saturated rings. The molecule has 0 aliphatic rings. The minimum Gasteiger partial charge on any atom is -0.481 e. The molecule has 0 saturated heterocycles. The number of methoxy groups -OCH3 is 1. The molecule has 0 radical (unpaired) electrons.